The topological polar surface area (TPSA) is 70.6 Å². The zero-order valence-corrected chi connectivity index (χ0v) is 17.6. The van der Waals surface area contributed by atoms with E-state index in [2.05, 4.69) is 27.9 Å². The number of aliphatic hydroxyl groups is 1. The Balaban J connectivity index is 2.31. The molecule has 0 radical (unpaired) electrons. The lowest BCUT2D eigenvalue weighted by atomic mass is 10.1. The predicted octanol–water partition coefficient (Wildman–Crippen LogP) is 4.44. The zero-order valence-electron chi connectivity index (χ0n) is 15.4. The molecule has 152 valence electrons. The van der Waals surface area contributed by atoms with E-state index in [4.69, 9.17) is 4.84 Å². The van der Waals surface area contributed by atoms with Crippen LogP contribution in [0.1, 0.15) is 29.8 Å². The van der Waals surface area contributed by atoms with Gasteiger partial charge in [-0.3, -0.25) is 9.63 Å². The molecule has 9 heteroatoms. The van der Waals surface area contributed by atoms with Crippen LogP contribution in [-0.2, 0) is 4.84 Å². The summed E-state index contributed by atoms with van der Waals surface area (Å²) in [5.41, 5.74) is 2.16. The fourth-order valence-corrected chi connectivity index (χ4v) is 2.89. The highest BCUT2D eigenvalue weighted by Crippen LogP contribution is 2.30. The minimum Gasteiger partial charge on any atom is -0.390 e. The average Bonchev–Trinajstić information content (AvgIpc) is 2.63. The van der Waals surface area contributed by atoms with Gasteiger partial charge >= 0.3 is 0 Å². The molecule has 1 unspecified atom stereocenters. The molecule has 0 fully saturated rings. The second-order valence-electron chi connectivity index (χ2n) is 6.55. The lowest BCUT2D eigenvalue weighted by Gasteiger charge is -2.17. The standard InChI is InChI=1S/C19H20F3IN2O3/c1-9(2)15(26)8-28-25-19(27)12-7-13(20)16(21)17(22)18(12)24-14-5-4-11(23)6-10(14)3/h4-7,9,15,24,26H,8H2,1-3H3,(H,25,27). The van der Waals surface area contributed by atoms with Gasteiger partial charge < -0.3 is 10.4 Å². The molecule has 2 aromatic rings. The Morgan fingerprint density at radius 2 is 1.89 bits per heavy atom. The number of nitrogens with one attached hydrogen (secondary N) is 2. The Morgan fingerprint density at radius 3 is 2.50 bits per heavy atom. The maximum absolute atomic E-state index is 14.4. The van der Waals surface area contributed by atoms with Crippen molar-refractivity contribution < 1.29 is 27.9 Å². The number of carbonyl (C=O) groups is 1. The third kappa shape index (κ3) is 5.36. The number of carbonyl (C=O) groups excluding carboxylic acids is 1. The van der Waals surface area contributed by atoms with Crippen LogP contribution in [0.4, 0.5) is 24.5 Å². The van der Waals surface area contributed by atoms with Crippen LogP contribution in [0.2, 0.25) is 0 Å². The summed E-state index contributed by atoms with van der Waals surface area (Å²) in [5.74, 6) is -5.82. The van der Waals surface area contributed by atoms with E-state index in [0.29, 0.717) is 11.8 Å². The maximum atomic E-state index is 14.4. The summed E-state index contributed by atoms with van der Waals surface area (Å²) in [7, 11) is 0. The van der Waals surface area contributed by atoms with E-state index in [0.717, 1.165) is 9.13 Å². The Morgan fingerprint density at radius 1 is 1.21 bits per heavy atom. The van der Waals surface area contributed by atoms with Crippen molar-refractivity contribution in [2.24, 2.45) is 5.92 Å². The molecule has 0 aromatic heterocycles. The molecule has 1 atom stereocenters. The number of hydrogen-bond donors (Lipinski definition) is 3. The summed E-state index contributed by atoms with van der Waals surface area (Å²) in [6.07, 6.45) is -0.839. The van der Waals surface area contributed by atoms with E-state index >= 15 is 0 Å². The number of aliphatic hydroxyl groups excluding tert-OH is 1. The molecule has 28 heavy (non-hydrogen) atoms. The van der Waals surface area contributed by atoms with Crippen LogP contribution in [0.3, 0.4) is 0 Å². The van der Waals surface area contributed by atoms with Crippen molar-refractivity contribution in [3.05, 3.63) is 56.4 Å². The molecule has 0 heterocycles. The van der Waals surface area contributed by atoms with E-state index in [-0.39, 0.29) is 12.5 Å². The van der Waals surface area contributed by atoms with E-state index in [1.807, 2.05) is 5.48 Å². The molecule has 0 saturated carbocycles. The second-order valence-corrected chi connectivity index (χ2v) is 7.79. The summed E-state index contributed by atoms with van der Waals surface area (Å²) in [5, 5.41) is 12.3. The van der Waals surface area contributed by atoms with E-state index in [9.17, 15) is 23.1 Å². The largest absolute Gasteiger partial charge is 0.390 e. The first-order valence-electron chi connectivity index (χ1n) is 8.42. The van der Waals surface area contributed by atoms with Crippen LogP contribution in [0.5, 0.6) is 0 Å². The molecule has 0 aliphatic heterocycles. The number of benzene rings is 2. The first-order valence-corrected chi connectivity index (χ1v) is 9.50. The predicted molar refractivity (Wildman–Crippen MR) is 108 cm³/mol. The summed E-state index contributed by atoms with van der Waals surface area (Å²) < 4.78 is 42.8. The third-order valence-electron chi connectivity index (χ3n) is 4.04. The van der Waals surface area contributed by atoms with Gasteiger partial charge in [-0.05, 0) is 65.3 Å². The van der Waals surface area contributed by atoms with Gasteiger partial charge in [0, 0.05) is 9.26 Å². The van der Waals surface area contributed by atoms with Crippen LogP contribution in [0, 0.1) is 33.9 Å². The Bertz CT molecular complexity index is 878. The molecule has 5 nitrogen and oxygen atoms in total. The highest BCUT2D eigenvalue weighted by atomic mass is 127. The summed E-state index contributed by atoms with van der Waals surface area (Å²) in [4.78, 5) is 17.3. The van der Waals surface area contributed by atoms with Gasteiger partial charge in [-0.1, -0.05) is 13.8 Å². The highest BCUT2D eigenvalue weighted by Gasteiger charge is 2.24. The van der Waals surface area contributed by atoms with Crippen molar-refractivity contribution in [3.8, 4) is 0 Å². The fraction of sp³-hybridized carbons (Fsp3) is 0.316. The monoisotopic (exact) mass is 508 g/mol. The van der Waals surface area contributed by atoms with Crippen LogP contribution in [-0.4, -0.2) is 23.7 Å². The Labute approximate surface area is 174 Å². The van der Waals surface area contributed by atoms with Gasteiger partial charge in [0.2, 0.25) is 0 Å². The quantitative estimate of drug-likeness (QED) is 0.294. The molecule has 3 N–H and O–H groups in total. The number of amides is 1. The Kier molecular flexibility index (Phi) is 7.67. The van der Waals surface area contributed by atoms with Gasteiger partial charge in [-0.2, -0.15) is 0 Å². The van der Waals surface area contributed by atoms with Crippen LogP contribution < -0.4 is 10.8 Å². The number of halogens is 4. The van der Waals surface area contributed by atoms with E-state index in [1.165, 1.54) is 0 Å². The summed E-state index contributed by atoms with van der Waals surface area (Å²) in [6.45, 7) is 5.05. The minimum absolute atomic E-state index is 0.112. The lowest BCUT2D eigenvalue weighted by molar-refractivity contribution is -0.0268. The molecular weight excluding hydrogens is 488 g/mol. The van der Waals surface area contributed by atoms with E-state index < -0.39 is 40.7 Å². The van der Waals surface area contributed by atoms with Crippen molar-refractivity contribution in [2.75, 3.05) is 11.9 Å². The summed E-state index contributed by atoms with van der Waals surface area (Å²) in [6, 6.07) is 5.76. The van der Waals surface area contributed by atoms with Gasteiger partial charge in [-0.25, -0.2) is 18.7 Å². The Hall–Kier alpha value is -1.85. The number of rotatable bonds is 7. The summed E-state index contributed by atoms with van der Waals surface area (Å²) >= 11 is 2.10. The van der Waals surface area contributed by atoms with Crippen LogP contribution >= 0.6 is 22.6 Å². The van der Waals surface area contributed by atoms with Crippen molar-refractivity contribution in [2.45, 2.75) is 26.9 Å². The fourth-order valence-electron chi connectivity index (χ4n) is 2.24. The first-order chi connectivity index (χ1) is 13.1. The van der Waals surface area contributed by atoms with Gasteiger partial charge in [0.1, 0.15) is 6.61 Å². The normalized spacial score (nSPS) is 12.2. The molecule has 0 aliphatic carbocycles. The maximum Gasteiger partial charge on any atom is 0.277 e. The van der Waals surface area contributed by atoms with Crippen molar-refractivity contribution in [1.82, 2.24) is 5.48 Å². The number of anilines is 2. The van der Waals surface area contributed by atoms with Crippen LogP contribution in [0.15, 0.2) is 24.3 Å². The first kappa shape index (κ1) is 22.4. The molecule has 2 rings (SSSR count). The van der Waals surface area contributed by atoms with Gasteiger partial charge in [0.25, 0.3) is 5.91 Å². The number of hydroxylamine groups is 1. The molecule has 1 amide bonds. The third-order valence-corrected chi connectivity index (χ3v) is 4.71. The molecule has 0 spiro atoms. The van der Waals surface area contributed by atoms with Crippen molar-refractivity contribution >= 4 is 39.9 Å². The SMILES string of the molecule is Cc1cc(I)ccc1Nc1c(C(=O)NOCC(O)C(C)C)cc(F)c(F)c1F. The minimum atomic E-state index is -1.70. The number of hydrogen-bond acceptors (Lipinski definition) is 4. The lowest BCUT2D eigenvalue weighted by Crippen LogP contribution is -2.31. The second kappa shape index (κ2) is 9.57. The van der Waals surface area contributed by atoms with Gasteiger partial charge in [-0.15, -0.1) is 0 Å². The zero-order chi connectivity index (χ0) is 21.0. The van der Waals surface area contributed by atoms with Crippen LogP contribution in [0.25, 0.3) is 0 Å². The average molecular weight is 508 g/mol. The number of aryl methyl sites for hydroxylation is 1. The van der Waals surface area contributed by atoms with Crippen molar-refractivity contribution in [1.29, 1.82) is 0 Å². The molecule has 0 aliphatic rings. The van der Waals surface area contributed by atoms with Gasteiger partial charge in [0.15, 0.2) is 17.5 Å². The molecule has 2 aromatic carbocycles. The molecule has 0 saturated heterocycles. The molecular formula is C19H20F3IN2O3. The van der Waals surface area contributed by atoms with Gasteiger partial charge in [0.05, 0.1) is 17.4 Å². The smallest absolute Gasteiger partial charge is 0.277 e. The van der Waals surface area contributed by atoms with E-state index in [1.54, 1.807) is 39.0 Å². The van der Waals surface area contributed by atoms with Crippen molar-refractivity contribution in [3.63, 3.8) is 0 Å². The molecule has 0 bridgehead atoms. The highest BCUT2D eigenvalue weighted by molar-refractivity contribution is 14.1.